The Balaban J connectivity index is 1.70. The average Bonchev–Trinajstić information content (AvgIpc) is 3.10. The minimum atomic E-state index is -0.389. The normalized spacial score (nSPS) is 19.0. The van der Waals surface area contributed by atoms with E-state index >= 15 is 0 Å². The minimum Gasteiger partial charge on any atom is -0.463 e. The Bertz CT molecular complexity index is 1190. The molecule has 1 unspecified atom stereocenters. The standard InChI is InChI=1S/C24H29N3O4S/c1-4-6-19-21(23(29)31-5-2)16(3)25-24-27(19)22(28)20(32-24)15-17-7-9-18(10-8-17)26-11-13-30-14-12-26/h7-10,15,19H,4-6,11-14H2,1-3H3/b20-15-. The summed E-state index contributed by atoms with van der Waals surface area (Å²) in [6.07, 6.45) is 3.42. The Morgan fingerprint density at radius 2 is 1.97 bits per heavy atom. The predicted octanol–water partition coefficient (Wildman–Crippen LogP) is 2.39. The van der Waals surface area contributed by atoms with Gasteiger partial charge < -0.3 is 14.4 Å². The molecule has 1 fully saturated rings. The van der Waals surface area contributed by atoms with Crippen molar-refractivity contribution >= 4 is 29.1 Å². The topological polar surface area (TPSA) is 73.1 Å². The van der Waals surface area contributed by atoms with Crippen molar-refractivity contribution in [1.29, 1.82) is 0 Å². The first-order valence-electron chi connectivity index (χ1n) is 11.2. The van der Waals surface area contributed by atoms with Gasteiger partial charge in [-0.3, -0.25) is 9.36 Å². The molecular formula is C24H29N3O4S. The number of ether oxygens (including phenoxy) is 2. The van der Waals surface area contributed by atoms with Gasteiger partial charge in [0, 0.05) is 18.8 Å². The van der Waals surface area contributed by atoms with Crippen molar-refractivity contribution in [2.24, 2.45) is 4.99 Å². The van der Waals surface area contributed by atoms with E-state index in [1.165, 1.54) is 11.3 Å². The van der Waals surface area contributed by atoms with Gasteiger partial charge in [-0.1, -0.05) is 36.8 Å². The van der Waals surface area contributed by atoms with Gasteiger partial charge in [0.1, 0.15) is 0 Å². The van der Waals surface area contributed by atoms with Gasteiger partial charge in [0.15, 0.2) is 4.80 Å². The lowest BCUT2D eigenvalue weighted by atomic mass is 9.99. The van der Waals surface area contributed by atoms with Crippen LogP contribution in [0.3, 0.4) is 0 Å². The third-order valence-corrected chi connectivity index (χ3v) is 6.74. The average molecular weight is 456 g/mol. The summed E-state index contributed by atoms with van der Waals surface area (Å²) < 4.78 is 13.0. The first-order valence-corrected chi connectivity index (χ1v) is 12.0. The number of carbonyl (C=O) groups is 1. The van der Waals surface area contributed by atoms with Crippen LogP contribution in [0.1, 0.15) is 45.2 Å². The zero-order valence-corrected chi connectivity index (χ0v) is 19.6. The molecule has 0 saturated carbocycles. The lowest BCUT2D eigenvalue weighted by molar-refractivity contribution is -0.139. The van der Waals surface area contributed by atoms with E-state index in [1.54, 1.807) is 11.5 Å². The van der Waals surface area contributed by atoms with Gasteiger partial charge in [0.05, 0.1) is 41.7 Å². The van der Waals surface area contributed by atoms with E-state index in [0.29, 0.717) is 33.6 Å². The maximum atomic E-state index is 13.3. The third kappa shape index (κ3) is 4.42. The van der Waals surface area contributed by atoms with Gasteiger partial charge in [0.25, 0.3) is 5.56 Å². The largest absolute Gasteiger partial charge is 0.463 e. The Morgan fingerprint density at radius 1 is 1.25 bits per heavy atom. The van der Waals surface area contributed by atoms with Crippen LogP contribution in [0.2, 0.25) is 0 Å². The van der Waals surface area contributed by atoms with E-state index in [-0.39, 0.29) is 17.6 Å². The van der Waals surface area contributed by atoms with Crippen molar-refractivity contribution in [2.45, 2.75) is 39.7 Å². The monoisotopic (exact) mass is 455 g/mol. The van der Waals surface area contributed by atoms with Gasteiger partial charge in [-0.25, -0.2) is 9.79 Å². The molecule has 1 atom stereocenters. The number of rotatable bonds is 6. The van der Waals surface area contributed by atoms with Gasteiger partial charge in [0.2, 0.25) is 0 Å². The molecular weight excluding hydrogens is 426 g/mol. The molecule has 0 N–H and O–H groups in total. The predicted molar refractivity (Wildman–Crippen MR) is 126 cm³/mol. The first kappa shape index (κ1) is 22.5. The molecule has 2 aromatic rings. The van der Waals surface area contributed by atoms with E-state index in [2.05, 4.69) is 22.0 Å². The van der Waals surface area contributed by atoms with Crippen LogP contribution in [-0.2, 0) is 14.3 Å². The molecule has 2 aliphatic rings. The number of benzene rings is 1. The molecule has 3 heterocycles. The van der Waals surface area contributed by atoms with Crippen molar-refractivity contribution in [3.05, 3.63) is 60.8 Å². The summed E-state index contributed by atoms with van der Waals surface area (Å²) in [5, 5.41) is 0. The number of esters is 1. The quantitative estimate of drug-likeness (QED) is 0.626. The summed E-state index contributed by atoms with van der Waals surface area (Å²) in [6, 6.07) is 7.87. The Kier molecular flexibility index (Phi) is 6.91. The number of allylic oxidation sites excluding steroid dienone is 1. The molecule has 7 nitrogen and oxygen atoms in total. The molecule has 0 radical (unpaired) electrons. The Hall–Kier alpha value is -2.71. The Morgan fingerprint density at radius 3 is 2.62 bits per heavy atom. The van der Waals surface area contributed by atoms with Gasteiger partial charge >= 0.3 is 5.97 Å². The second-order valence-corrected chi connectivity index (χ2v) is 8.90. The molecule has 8 heteroatoms. The second-order valence-electron chi connectivity index (χ2n) is 7.90. The van der Waals surface area contributed by atoms with Crippen molar-refractivity contribution in [3.8, 4) is 0 Å². The molecule has 0 amide bonds. The summed E-state index contributed by atoms with van der Waals surface area (Å²) in [7, 11) is 0. The molecule has 1 aromatic carbocycles. The summed E-state index contributed by atoms with van der Waals surface area (Å²) in [4.78, 5) is 33.5. The number of fused-ring (bicyclic) bond motifs is 1. The van der Waals surface area contributed by atoms with Crippen LogP contribution in [0.5, 0.6) is 0 Å². The molecule has 2 aliphatic heterocycles. The molecule has 0 aliphatic carbocycles. The van der Waals surface area contributed by atoms with Gasteiger partial charge in [-0.05, 0) is 44.0 Å². The van der Waals surface area contributed by atoms with Crippen LogP contribution >= 0.6 is 11.3 Å². The molecule has 0 spiro atoms. The minimum absolute atomic E-state index is 0.112. The highest BCUT2D eigenvalue weighted by atomic mass is 32.1. The van der Waals surface area contributed by atoms with Gasteiger partial charge in [-0.15, -0.1) is 0 Å². The fourth-order valence-corrected chi connectivity index (χ4v) is 5.28. The van der Waals surface area contributed by atoms with Crippen LogP contribution in [0.4, 0.5) is 5.69 Å². The maximum absolute atomic E-state index is 13.3. The van der Waals surface area contributed by atoms with Crippen LogP contribution < -0.4 is 19.8 Å². The molecule has 32 heavy (non-hydrogen) atoms. The highest BCUT2D eigenvalue weighted by Crippen LogP contribution is 2.28. The zero-order chi connectivity index (χ0) is 22.7. The van der Waals surface area contributed by atoms with Crippen LogP contribution in [-0.4, -0.2) is 43.4 Å². The number of aromatic nitrogens is 1. The summed E-state index contributed by atoms with van der Waals surface area (Å²) in [6.45, 7) is 9.20. The van der Waals surface area contributed by atoms with Crippen molar-refractivity contribution in [2.75, 3.05) is 37.8 Å². The fraction of sp³-hybridized carbons (Fsp3) is 0.458. The molecule has 1 aromatic heterocycles. The molecule has 4 rings (SSSR count). The smallest absolute Gasteiger partial charge is 0.337 e. The van der Waals surface area contributed by atoms with Gasteiger partial charge in [-0.2, -0.15) is 0 Å². The summed E-state index contributed by atoms with van der Waals surface area (Å²) >= 11 is 1.36. The lowest BCUT2D eigenvalue weighted by Gasteiger charge is -2.28. The number of morpholine rings is 1. The number of carbonyl (C=O) groups excluding carboxylic acids is 1. The first-order chi connectivity index (χ1) is 15.5. The highest BCUT2D eigenvalue weighted by molar-refractivity contribution is 7.07. The maximum Gasteiger partial charge on any atom is 0.337 e. The molecule has 170 valence electrons. The van der Waals surface area contributed by atoms with E-state index < -0.39 is 0 Å². The van der Waals surface area contributed by atoms with E-state index in [4.69, 9.17) is 9.47 Å². The van der Waals surface area contributed by atoms with E-state index in [9.17, 15) is 9.59 Å². The van der Waals surface area contributed by atoms with Crippen LogP contribution in [0.25, 0.3) is 6.08 Å². The van der Waals surface area contributed by atoms with Crippen molar-refractivity contribution in [1.82, 2.24) is 4.57 Å². The van der Waals surface area contributed by atoms with Crippen LogP contribution in [0.15, 0.2) is 45.3 Å². The molecule has 1 saturated heterocycles. The SMILES string of the molecule is CCCC1C(C(=O)OCC)=C(C)N=c2s/c(=C\c3ccc(N4CCOCC4)cc3)c(=O)n21. The summed E-state index contributed by atoms with van der Waals surface area (Å²) in [5.74, 6) is -0.389. The number of nitrogens with zero attached hydrogens (tertiary/aromatic N) is 3. The third-order valence-electron chi connectivity index (χ3n) is 5.76. The Labute approximate surface area is 191 Å². The van der Waals surface area contributed by atoms with Crippen molar-refractivity contribution in [3.63, 3.8) is 0 Å². The van der Waals surface area contributed by atoms with Crippen LogP contribution in [0, 0.1) is 0 Å². The lowest BCUT2D eigenvalue weighted by Crippen LogP contribution is -2.39. The second kappa shape index (κ2) is 9.83. The van der Waals surface area contributed by atoms with E-state index in [1.807, 2.05) is 32.1 Å². The zero-order valence-electron chi connectivity index (χ0n) is 18.8. The van der Waals surface area contributed by atoms with Crippen molar-refractivity contribution < 1.29 is 14.3 Å². The highest BCUT2D eigenvalue weighted by Gasteiger charge is 2.31. The number of hydrogen-bond donors (Lipinski definition) is 0. The summed E-state index contributed by atoms with van der Waals surface area (Å²) in [5.41, 5.74) is 3.12. The molecule has 0 bridgehead atoms. The fourth-order valence-electron chi connectivity index (χ4n) is 4.21. The number of anilines is 1. The number of thiazole rings is 1. The number of hydrogen-bond acceptors (Lipinski definition) is 7. The van der Waals surface area contributed by atoms with E-state index in [0.717, 1.165) is 44.0 Å².